The molecule has 0 saturated heterocycles. The first-order valence-electron chi connectivity index (χ1n) is 17.3. The summed E-state index contributed by atoms with van der Waals surface area (Å²) >= 11 is 0. The third-order valence-electron chi connectivity index (χ3n) is 9.37. The Morgan fingerprint density at radius 3 is 1.58 bits per heavy atom. The molecule has 3 heterocycles. The second kappa shape index (κ2) is 13.7. The Balaban J connectivity index is 1.01. The van der Waals surface area contributed by atoms with Gasteiger partial charge in [0.25, 0.3) is 0 Å². The number of hydrogen-bond donors (Lipinski definition) is 0. The van der Waals surface area contributed by atoms with Crippen molar-refractivity contribution < 1.29 is 9.97 Å². The van der Waals surface area contributed by atoms with Gasteiger partial charge in [-0.3, -0.25) is 9.97 Å². The number of hydrogen-bond acceptors (Lipinski definition) is 3. The lowest BCUT2D eigenvalue weighted by Gasteiger charge is -2.08. The molecule has 0 spiro atoms. The zero-order valence-electron chi connectivity index (χ0n) is 28.2. The molecule has 0 amide bonds. The standard InChI is InChI=1S/C47H31N5/c1-3-10-32(11-4-1)33-17-19-35(20-18-33)42-29-40-26-25-38(30-44(40)49-31-42)34-21-23-37(24-22-34)46-50-45(36-12-5-2-6-13-36)51-47(52-46)41-15-9-14-39(28-41)43-16-7-8-27-48-43/h1-31H/p+2. The van der Waals surface area contributed by atoms with Crippen LogP contribution in [0, 0.1) is 0 Å². The van der Waals surface area contributed by atoms with Crippen molar-refractivity contribution in [2.45, 2.75) is 0 Å². The van der Waals surface area contributed by atoms with Gasteiger partial charge in [-0.05, 0) is 88.5 Å². The summed E-state index contributed by atoms with van der Waals surface area (Å²) in [5.41, 5.74) is 12.8. The van der Waals surface area contributed by atoms with Crippen LogP contribution in [0.4, 0.5) is 0 Å². The van der Waals surface area contributed by atoms with E-state index in [1.165, 1.54) is 11.1 Å². The zero-order valence-corrected chi connectivity index (χ0v) is 28.2. The number of fused-ring (bicyclic) bond motifs is 1. The number of nitrogens with one attached hydrogen (secondary N) is 2. The fourth-order valence-corrected chi connectivity index (χ4v) is 6.58. The largest absolute Gasteiger partial charge is 0.400 e. The lowest BCUT2D eigenvalue weighted by molar-refractivity contribution is -0.501. The lowest BCUT2D eigenvalue weighted by atomic mass is 9.99. The summed E-state index contributed by atoms with van der Waals surface area (Å²) in [4.78, 5) is 21.6. The maximum Gasteiger partial charge on any atom is 0.400 e. The highest BCUT2D eigenvalue weighted by Crippen LogP contribution is 2.30. The third-order valence-corrected chi connectivity index (χ3v) is 9.37. The number of rotatable bonds is 7. The first-order valence-corrected chi connectivity index (χ1v) is 17.3. The van der Waals surface area contributed by atoms with E-state index in [0.29, 0.717) is 0 Å². The Morgan fingerprint density at radius 1 is 0.346 bits per heavy atom. The summed E-state index contributed by atoms with van der Waals surface area (Å²) in [6.45, 7) is 0. The van der Waals surface area contributed by atoms with Gasteiger partial charge in [-0.1, -0.05) is 115 Å². The van der Waals surface area contributed by atoms with E-state index in [1.54, 1.807) is 0 Å². The minimum atomic E-state index is 0.770. The van der Waals surface area contributed by atoms with Crippen LogP contribution in [0.1, 0.15) is 0 Å². The van der Waals surface area contributed by atoms with Gasteiger partial charge in [-0.15, -0.1) is 0 Å². The topological polar surface area (TPSA) is 67.0 Å². The zero-order chi connectivity index (χ0) is 34.7. The summed E-state index contributed by atoms with van der Waals surface area (Å²) < 4.78 is 0. The molecule has 0 atom stereocenters. The Morgan fingerprint density at radius 2 is 0.885 bits per heavy atom. The van der Waals surface area contributed by atoms with Crippen LogP contribution in [0.25, 0.3) is 89.7 Å². The number of nitrogens with zero attached hydrogens (tertiary/aromatic N) is 3. The molecule has 0 aliphatic rings. The average Bonchev–Trinajstić information content (AvgIpc) is 3.24. The van der Waals surface area contributed by atoms with Crippen molar-refractivity contribution in [3.8, 4) is 78.8 Å². The molecule has 244 valence electrons. The van der Waals surface area contributed by atoms with Crippen molar-refractivity contribution in [3.05, 3.63) is 188 Å². The number of aromatic amines is 2. The molecule has 3 aromatic heterocycles. The van der Waals surface area contributed by atoms with Crippen molar-refractivity contribution in [1.82, 2.24) is 15.0 Å². The quantitative estimate of drug-likeness (QED) is 0.170. The fourth-order valence-electron chi connectivity index (χ4n) is 6.58. The van der Waals surface area contributed by atoms with Crippen LogP contribution >= 0.6 is 0 Å². The highest BCUT2D eigenvalue weighted by molar-refractivity contribution is 5.88. The van der Waals surface area contributed by atoms with Crippen molar-refractivity contribution >= 4 is 10.9 Å². The number of pyridine rings is 2. The summed E-state index contributed by atoms with van der Waals surface area (Å²) in [5.74, 6) is 2.41. The van der Waals surface area contributed by atoms with Crippen LogP contribution in [-0.2, 0) is 0 Å². The molecule has 5 nitrogen and oxygen atoms in total. The maximum atomic E-state index is 5.04. The molecule has 2 N–H and O–H groups in total. The molecule has 0 aliphatic carbocycles. The molecule has 0 fully saturated rings. The molecule has 0 radical (unpaired) electrons. The second-order valence-corrected chi connectivity index (χ2v) is 12.7. The number of H-pyrrole nitrogens is 2. The van der Waals surface area contributed by atoms with E-state index in [9.17, 15) is 0 Å². The van der Waals surface area contributed by atoms with Crippen LogP contribution in [0.5, 0.6) is 0 Å². The normalized spacial score (nSPS) is 11.1. The molecular formula is C47H33N5+2. The molecule has 0 bridgehead atoms. The summed E-state index contributed by atoms with van der Waals surface area (Å²) in [6.07, 6.45) is 3.79. The summed E-state index contributed by atoms with van der Waals surface area (Å²) in [5, 5.41) is 1.11. The maximum absolute atomic E-state index is 5.04. The molecule has 9 aromatic rings. The van der Waals surface area contributed by atoms with Crippen LogP contribution in [0.15, 0.2) is 188 Å². The number of benzene rings is 6. The first kappa shape index (κ1) is 30.9. The average molecular weight is 668 g/mol. The Bertz CT molecular complexity index is 2640. The fraction of sp³-hybridized carbons (Fsp3) is 0. The van der Waals surface area contributed by atoms with Gasteiger partial charge in [0.05, 0.1) is 32.9 Å². The van der Waals surface area contributed by atoms with Gasteiger partial charge in [0.15, 0.2) is 0 Å². The van der Waals surface area contributed by atoms with Gasteiger partial charge in [0.1, 0.15) is 0 Å². The predicted octanol–water partition coefficient (Wildman–Crippen LogP) is 10.3. The summed E-state index contributed by atoms with van der Waals surface area (Å²) in [6, 6.07) is 60.9. The van der Waals surface area contributed by atoms with Gasteiger partial charge in [0.2, 0.25) is 0 Å². The Labute approximate surface area is 302 Å². The second-order valence-electron chi connectivity index (χ2n) is 12.7. The molecular weight excluding hydrogens is 635 g/mol. The van der Waals surface area contributed by atoms with Crippen molar-refractivity contribution in [3.63, 3.8) is 0 Å². The minimum Gasteiger partial charge on any atom is -0.256 e. The Hall–Kier alpha value is -7.11. The minimum absolute atomic E-state index is 0.770. The molecule has 0 unspecified atom stereocenters. The molecule has 0 aliphatic heterocycles. The Kier molecular flexibility index (Phi) is 8.12. The van der Waals surface area contributed by atoms with Crippen LogP contribution < -0.4 is 9.97 Å². The van der Waals surface area contributed by atoms with Crippen molar-refractivity contribution in [2.24, 2.45) is 0 Å². The number of aromatic nitrogens is 5. The highest BCUT2D eigenvalue weighted by Gasteiger charge is 2.26. The monoisotopic (exact) mass is 667 g/mol. The van der Waals surface area contributed by atoms with Crippen LogP contribution in [0.3, 0.4) is 0 Å². The van der Waals surface area contributed by atoms with E-state index < -0.39 is 0 Å². The highest BCUT2D eigenvalue weighted by atomic mass is 15.0. The smallest absolute Gasteiger partial charge is 0.256 e. The predicted molar refractivity (Wildman–Crippen MR) is 208 cm³/mol. The van der Waals surface area contributed by atoms with Crippen LogP contribution in [0.2, 0.25) is 0 Å². The molecule has 9 rings (SSSR count). The SMILES string of the molecule is c1ccc(-c2ccc(-c3cnc4cc(-c5ccc(-c6nc(-c7ccccc7)[nH+]c(-c7cccc(-c8ccccn8)c7)[nH+]6)cc5)ccc4c3)cc2)cc1. The van der Waals surface area contributed by atoms with E-state index in [0.717, 1.165) is 78.6 Å². The summed E-state index contributed by atoms with van der Waals surface area (Å²) in [7, 11) is 0. The third kappa shape index (κ3) is 6.35. The van der Waals surface area contributed by atoms with Gasteiger partial charge < -0.3 is 0 Å². The van der Waals surface area contributed by atoms with E-state index in [-0.39, 0.29) is 0 Å². The van der Waals surface area contributed by atoms with E-state index in [4.69, 9.17) is 9.97 Å². The lowest BCUT2D eigenvalue weighted by Crippen LogP contribution is -2.28. The van der Waals surface area contributed by atoms with Gasteiger partial charge in [-0.2, -0.15) is 9.97 Å². The van der Waals surface area contributed by atoms with Crippen molar-refractivity contribution in [1.29, 1.82) is 0 Å². The van der Waals surface area contributed by atoms with Gasteiger partial charge in [-0.25, -0.2) is 0 Å². The molecule has 5 heteroatoms. The van der Waals surface area contributed by atoms with Gasteiger partial charge >= 0.3 is 17.5 Å². The van der Waals surface area contributed by atoms with E-state index in [2.05, 4.69) is 148 Å². The van der Waals surface area contributed by atoms with Crippen molar-refractivity contribution in [2.75, 3.05) is 0 Å². The van der Waals surface area contributed by atoms with Crippen LogP contribution in [-0.4, -0.2) is 15.0 Å². The first-order chi connectivity index (χ1) is 25.7. The molecule has 6 aromatic carbocycles. The van der Waals surface area contributed by atoms with E-state index in [1.807, 2.05) is 54.9 Å². The molecule has 0 saturated carbocycles. The van der Waals surface area contributed by atoms with E-state index >= 15 is 0 Å². The van der Waals surface area contributed by atoms with Gasteiger partial charge in [0, 0.05) is 28.9 Å². The molecule has 52 heavy (non-hydrogen) atoms.